The van der Waals surface area contributed by atoms with E-state index in [0.717, 1.165) is 0 Å². The summed E-state index contributed by atoms with van der Waals surface area (Å²) >= 11 is 10.7. The van der Waals surface area contributed by atoms with Gasteiger partial charge in [0, 0.05) is 0 Å². The molecule has 0 rings (SSSR count). The molecule has 0 N–H and O–H groups in total. The fourth-order valence-corrected chi connectivity index (χ4v) is 0.125. The Morgan fingerprint density at radius 1 is 1.14 bits per heavy atom. The van der Waals surface area contributed by atoms with Gasteiger partial charge in [-0.25, -0.2) is 0 Å². The molecular weight excluding hydrogens is 147 g/mol. The number of halogens is 2. The van der Waals surface area contributed by atoms with E-state index in [1.165, 1.54) is 0 Å². The van der Waals surface area contributed by atoms with Crippen molar-refractivity contribution >= 4 is 28.9 Å². The van der Waals surface area contributed by atoms with Gasteiger partial charge in [0.25, 0.3) is 0 Å². The zero-order valence-corrected chi connectivity index (χ0v) is 5.92. The average Bonchev–Trinajstić information content (AvgIpc) is 1.68. The van der Waals surface area contributed by atoms with E-state index < -0.39 is 6.69 Å². The van der Waals surface area contributed by atoms with Crippen molar-refractivity contribution in [1.29, 1.82) is 0 Å². The summed E-state index contributed by atoms with van der Waals surface area (Å²) in [6, 6.07) is 0. The van der Waals surface area contributed by atoms with Gasteiger partial charge < -0.3 is 0 Å². The molecule has 0 amide bonds. The highest BCUT2D eigenvalue weighted by molar-refractivity contribution is 7.52. The predicted octanol–water partition coefficient (Wildman–Crippen LogP) is 1.25. The first-order valence-corrected chi connectivity index (χ1v) is 5.48. The predicted molar refractivity (Wildman–Crippen MR) is 35.1 cm³/mol. The first-order valence-electron chi connectivity index (χ1n) is 1.46. The third kappa shape index (κ3) is 2.59. The maximum atomic E-state index is 5.34. The van der Waals surface area contributed by atoms with Crippen LogP contribution in [-0.4, -0.2) is 6.69 Å². The Hall–Kier alpha value is -0.0831. The quantitative estimate of drug-likeness (QED) is 0.276. The summed E-state index contributed by atoms with van der Waals surface area (Å²) in [5, 5.41) is 0. The fourth-order valence-electron chi connectivity index (χ4n) is 0.0417. The minimum Gasteiger partial charge on any atom is -0.123 e. The Kier molecular flexibility index (Phi) is 2.26. The third-order valence-corrected chi connectivity index (χ3v) is 2.40. The van der Waals surface area contributed by atoms with Crippen molar-refractivity contribution in [2.45, 2.75) is 0 Å². The van der Waals surface area contributed by atoms with Crippen LogP contribution in [0.4, 0.5) is 0 Å². The molecule has 0 fully saturated rings. The van der Waals surface area contributed by atoms with E-state index >= 15 is 0 Å². The Morgan fingerprint density at radius 3 is 1.43 bits per heavy atom. The van der Waals surface area contributed by atoms with Gasteiger partial charge in [-0.1, -0.05) is 11.1 Å². The number of hydrogen-bond donors (Lipinski definition) is 0. The molecule has 0 aromatic heterocycles. The van der Waals surface area contributed by atoms with Crippen LogP contribution in [0.15, 0.2) is 0 Å². The van der Waals surface area contributed by atoms with Crippen LogP contribution in [0.2, 0.25) is 0 Å². The molecule has 0 atom stereocenters. The van der Waals surface area contributed by atoms with Crippen LogP contribution in [0.25, 0.3) is 0 Å². The Balaban J connectivity index is 4.00. The minimum absolute atomic E-state index is 2.12. The van der Waals surface area contributed by atoms with Gasteiger partial charge >= 0.3 is 6.69 Å². The lowest BCUT2D eigenvalue weighted by Gasteiger charge is -1.92. The van der Waals surface area contributed by atoms with Crippen LogP contribution in [0.1, 0.15) is 0 Å². The fraction of sp³-hybridized carbons (Fsp3) is 0. The molecule has 0 saturated heterocycles. The van der Waals surface area contributed by atoms with Crippen LogP contribution in [0.3, 0.4) is 0 Å². The van der Waals surface area contributed by atoms with Crippen LogP contribution in [0, 0.1) is 23.9 Å². The summed E-state index contributed by atoms with van der Waals surface area (Å²) < 4.78 is 0. The molecule has 0 nitrogen and oxygen atoms in total. The zero-order valence-electron chi connectivity index (χ0n) is 3.41. The van der Waals surface area contributed by atoms with Gasteiger partial charge in [0.15, 0.2) is 0 Å². The molecule has 0 heterocycles. The van der Waals surface area contributed by atoms with Crippen molar-refractivity contribution in [2.75, 3.05) is 0 Å². The van der Waals surface area contributed by atoms with Crippen molar-refractivity contribution in [3.05, 3.63) is 0 Å². The van der Waals surface area contributed by atoms with Crippen molar-refractivity contribution in [2.24, 2.45) is 0 Å². The maximum Gasteiger partial charge on any atom is 0.403 e. The van der Waals surface area contributed by atoms with Crippen LogP contribution in [0.5, 0.6) is 0 Å². The van der Waals surface area contributed by atoms with Gasteiger partial charge in [0.1, 0.15) is 0 Å². The van der Waals surface area contributed by atoms with Crippen molar-refractivity contribution in [3.8, 4) is 23.9 Å². The molecule has 36 valence electrons. The summed E-state index contributed by atoms with van der Waals surface area (Å²) in [6.07, 6.45) is 9.64. The van der Waals surface area contributed by atoms with Gasteiger partial charge in [0.05, 0.1) is 0 Å². The molecule has 0 aromatic carbocycles. The second-order valence-electron chi connectivity index (χ2n) is 0.863. The molecule has 0 spiro atoms. The van der Waals surface area contributed by atoms with Crippen molar-refractivity contribution in [3.63, 3.8) is 0 Å². The highest BCUT2D eigenvalue weighted by atomic mass is 35.7. The Labute approximate surface area is 53.2 Å². The van der Waals surface area contributed by atoms with E-state index in [1.54, 1.807) is 0 Å². The molecular formula is C4H2Cl2Si. The molecule has 0 aliphatic carbocycles. The zero-order chi connectivity index (χ0) is 5.91. The third-order valence-electron chi connectivity index (χ3n) is 0.363. The van der Waals surface area contributed by atoms with Gasteiger partial charge in [-0.15, -0.1) is 35.0 Å². The van der Waals surface area contributed by atoms with Crippen molar-refractivity contribution < 1.29 is 0 Å². The van der Waals surface area contributed by atoms with Gasteiger partial charge in [-0.3, -0.25) is 0 Å². The van der Waals surface area contributed by atoms with Crippen molar-refractivity contribution in [1.82, 2.24) is 0 Å². The van der Waals surface area contributed by atoms with E-state index in [1.807, 2.05) is 0 Å². The first kappa shape index (κ1) is 6.92. The van der Waals surface area contributed by atoms with Gasteiger partial charge in [0.2, 0.25) is 0 Å². The molecule has 0 bridgehead atoms. The molecule has 7 heavy (non-hydrogen) atoms. The second-order valence-corrected chi connectivity index (χ2v) is 6.57. The molecule has 0 aromatic rings. The number of rotatable bonds is 0. The monoisotopic (exact) mass is 148 g/mol. The Morgan fingerprint density at radius 2 is 1.43 bits per heavy atom. The summed E-state index contributed by atoms with van der Waals surface area (Å²) in [5.74, 6) is 0. The average molecular weight is 149 g/mol. The molecule has 0 saturated carbocycles. The van der Waals surface area contributed by atoms with E-state index in [4.69, 9.17) is 35.0 Å². The van der Waals surface area contributed by atoms with Crippen LogP contribution >= 0.6 is 22.2 Å². The Bertz CT molecular complexity index is 121. The lowest BCUT2D eigenvalue weighted by molar-refractivity contribution is 2.75. The smallest absolute Gasteiger partial charge is 0.123 e. The summed E-state index contributed by atoms with van der Waals surface area (Å²) in [5.41, 5.74) is 4.25. The first-order chi connectivity index (χ1) is 3.12. The highest BCUT2D eigenvalue weighted by Crippen LogP contribution is 2.09. The molecule has 0 aliphatic rings. The normalized spacial score (nSPS) is 9.14. The summed E-state index contributed by atoms with van der Waals surface area (Å²) in [4.78, 5) is 0. The SMILES string of the molecule is C#C[Si](Cl)(Cl)C#C. The molecule has 0 unspecified atom stereocenters. The summed E-state index contributed by atoms with van der Waals surface area (Å²) in [7, 11) is 0. The molecule has 0 radical (unpaired) electrons. The number of hydrogen-bond acceptors (Lipinski definition) is 0. The summed E-state index contributed by atoms with van der Waals surface area (Å²) in [6.45, 7) is -2.65. The lowest BCUT2D eigenvalue weighted by atomic mass is 11.4. The van der Waals surface area contributed by atoms with E-state index in [2.05, 4.69) is 11.1 Å². The van der Waals surface area contributed by atoms with Gasteiger partial charge in [-0.05, 0) is 0 Å². The molecule has 3 heteroatoms. The van der Waals surface area contributed by atoms with Crippen LogP contribution < -0.4 is 0 Å². The highest BCUT2D eigenvalue weighted by Gasteiger charge is 2.20. The second kappa shape index (κ2) is 2.28. The molecule has 0 aliphatic heterocycles. The number of terminal acetylenes is 2. The maximum absolute atomic E-state index is 5.34. The van der Waals surface area contributed by atoms with E-state index in [0.29, 0.717) is 0 Å². The van der Waals surface area contributed by atoms with Crippen LogP contribution in [-0.2, 0) is 0 Å². The minimum atomic E-state index is -2.65. The van der Waals surface area contributed by atoms with E-state index in [9.17, 15) is 0 Å². The standard InChI is InChI=1S/C4H2Cl2Si/c1-3-7(5,6)4-2/h1-2H. The van der Waals surface area contributed by atoms with Gasteiger partial charge in [-0.2, -0.15) is 0 Å². The van der Waals surface area contributed by atoms with E-state index in [-0.39, 0.29) is 0 Å². The lowest BCUT2D eigenvalue weighted by Crippen LogP contribution is -2.11. The topological polar surface area (TPSA) is 0 Å². The largest absolute Gasteiger partial charge is 0.403 e.